The number of nitro groups is 1. The summed E-state index contributed by atoms with van der Waals surface area (Å²) in [7, 11) is 0. The van der Waals surface area contributed by atoms with Crippen LogP contribution in [0.5, 0.6) is 5.75 Å². The topological polar surface area (TPSA) is 83.1 Å². The Kier molecular flexibility index (Phi) is 7.22. The molecule has 0 saturated heterocycles. The average Bonchev–Trinajstić information content (AvgIpc) is 3.19. The molecule has 4 rings (SSSR count). The quantitative estimate of drug-likeness (QED) is 0.174. The summed E-state index contributed by atoms with van der Waals surface area (Å²) < 4.78 is 21.0. The zero-order chi connectivity index (χ0) is 24.1. The van der Waals surface area contributed by atoms with Crippen molar-refractivity contribution < 1.29 is 14.1 Å². The maximum Gasteiger partial charge on any atom is 0.220 e. The lowest BCUT2D eigenvalue weighted by molar-refractivity contribution is -0.479. The van der Waals surface area contributed by atoms with Crippen LogP contribution in [0.15, 0.2) is 78.0 Å². The van der Waals surface area contributed by atoms with Crippen LogP contribution < -0.4 is 4.74 Å². The summed E-state index contributed by atoms with van der Waals surface area (Å²) >= 11 is 1.25. The van der Waals surface area contributed by atoms with Gasteiger partial charge in [-0.05, 0) is 61.4 Å². The Balaban J connectivity index is 1.52. The number of thioether (sulfide) groups is 1. The molecule has 4 aromatic rings. The zero-order valence-electron chi connectivity index (χ0n) is 18.7. The van der Waals surface area contributed by atoms with E-state index in [4.69, 9.17) is 4.74 Å². The molecule has 0 aliphatic rings. The standard InChI is InChI=1S/C25H23FN4O3S/c1-17-3-5-19(6-4-17)16-33-23-13-7-20(8-14-23)24(15-29(31)32)34-25-28-27-18(2)30(25)22-11-9-21(26)10-12-22/h3-14,24H,15-16H2,1-2H3/t24-/m1/s1. The fraction of sp³-hybridized carbons (Fsp3) is 0.200. The minimum atomic E-state index is -0.496. The van der Waals surface area contributed by atoms with Gasteiger partial charge in [-0.15, -0.1) is 10.2 Å². The molecule has 0 aliphatic heterocycles. The Morgan fingerprint density at radius 2 is 1.68 bits per heavy atom. The number of hydrogen-bond donors (Lipinski definition) is 0. The summed E-state index contributed by atoms with van der Waals surface area (Å²) in [6, 6.07) is 21.4. The van der Waals surface area contributed by atoms with Crippen molar-refractivity contribution in [2.45, 2.75) is 30.9 Å². The van der Waals surface area contributed by atoms with E-state index >= 15 is 0 Å². The van der Waals surface area contributed by atoms with Crippen LogP contribution in [0, 0.1) is 29.8 Å². The van der Waals surface area contributed by atoms with E-state index in [0.717, 1.165) is 11.1 Å². The van der Waals surface area contributed by atoms with Crippen molar-refractivity contribution in [3.63, 3.8) is 0 Å². The van der Waals surface area contributed by atoms with E-state index in [9.17, 15) is 14.5 Å². The molecule has 0 amide bonds. The highest BCUT2D eigenvalue weighted by atomic mass is 32.2. The van der Waals surface area contributed by atoms with Crippen LogP contribution in [0.1, 0.15) is 27.8 Å². The highest BCUT2D eigenvalue weighted by Crippen LogP contribution is 2.36. The molecule has 34 heavy (non-hydrogen) atoms. The van der Waals surface area contributed by atoms with E-state index in [-0.39, 0.29) is 17.3 Å². The Bertz CT molecular complexity index is 1260. The van der Waals surface area contributed by atoms with Crippen molar-refractivity contribution in [1.29, 1.82) is 0 Å². The van der Waals surface area contributed by atoms with Gasteiger partial charge in [-0.25, -0.2) is 4.39 Å². The first-order valence-corrected chi connectivity index (χ1v) is 11.5. The van der Waals surface area contributed by atoms with Gasteiger partial charge in [-0.2, -0.15) is 0 Å². The molecule has 0 spiro atoms. The summed E-state index contributed by atoms with van der Waals surface area (Å²) in [6.07, 6.45) is 0. The minimum Gasteiger partial charge on any atom is -0.489 e. The van der Waals surface area contributed by atoms with Crippen LogP contribution >= 0.6 is 11.8 Å². The van der Waals surface area contributed by atoms with Crippen molar-refractivity contribution >= 4 is 11.8 Å². The van der Waals surface area contributed by atoms with Crippen molar-refractivity contribution in [3.05, 3.63) is 111 Å². The minimum absolute atomic E-state index is 0.288. The number of nitrogens with zero attached hydrogens (tertiary/aromatic N) is 4. The van der Waals surface area contributed by atoms with Crippen LogP contribution in [0.3, 0.4) is 0 Å². The number of benzene rings is 3. The predicted molar refractivity (Wildman–Crippen MR) is 128 cm³/mol. The highest BCUT2D eigenvalue weighted by Gasteiger charge is 2.24. The first-order chi connectivity index (χ1) is 16.4. The second-order valence-corrected chi connectivity index (χ2v) is 8.98. The summed E-state index contributed by atoms with van der Waals surface area (Å²) in [5, 5.41) is 19.7. The van der Waals surface area contributed by atoms with Gasteiger partial charge in [0.2, 0.25) is 6.54 Å². The number of aromatic nitrogens is 3. The Hall–Kier alpha value is -3.72. The Labute approximate surface area is 200 Å². The molecular formula is C25H23FN4O3S. The molecule has 7 nitrogen and oxygen atoms in total. The molecule has 0 radical (unpaired) electrons. The maximum absolute atomic E-state index is 13.4. The van der Waals surface area contributed by atoms with Crippen LogP contribution in [-0.4, -0.2) is 26.2 Å². The number of hydrogen-bond acceptors (Lipinski definition) is 6. The molecule has 0 fully saturated rings. The van der Waals surface area contributed by atoms with Crippen LogP contribution in [0.4, 0.5) is 4.39 Å². The molecule has 1 heterocycles. The monoisotopic (exact) mass is 478 g/mol. The summed E-state index contributed by atoms with van der Waals surface area (Å²) in [4.78, 5) is 11.1. The molecular weight excluding hydrogens is 455 g/mol. The van der Waals surface area contributed by atoms with Crippen LogP contribution in [0.25, 0.3) is 5.69 Å². The highest BCUT2D eigenvalue weighted by molar-refractivity contribution is 7.99. The molecule has 1 atom stereocenters. The van der Waals surface area contributed by atoms with E-state index in [2.05, 4.69) is 10.2 Å². The van der Waals surface area contributed by atoms with Crippen LogP contribution in [0.2, 0.25) is 0 Å². The fourth-order valence-electron chi connectivity index (χ4n) is 3.41. The summed E-state index contributed by atoms with van der Waals surface area (Å²) in [5.74, 6) is 0.938. The Morgan fingerprint density at radius 1 is 1.00 bits per heavy atom. The molecule has 0 unspecified atom stereocenters. The number of ether oxygens (including phenoxy) is 1. The molecule has 0 aliphatic carbocycles. The third kappa shape index (κ3) is 5.79. The van der Waals surface area contributed by atoms with Gasteiger partial charge >= 0.3 is 0 Å². The number of aryl methyl sites for hydroxylation is 2. The second-order valence-electron chi connectivity index (χ2n) is 7.81. The Morgan fingerprint density at radius 3 is 2.32 bits per heavy atom. The maximum atomic E-state index is 13.4. The van der Waals surface area contributed by atoms with Gasteiger partial charge < -0.3 is 4.74 Å². The third-order valence-corrected chi connectivity index (χ3v) is 6.40. The van der Waals surface area contributed by atoms with E-state index in [0.29, 0.717) is 29.0 Å². The van der Waals surface area contributed by atoms with Gasteiger partial charge in [0.25, 0.3) is 0 Å². The van der Waals surface area contributed by atoms with Gasteiger partial charge in [0.1, 0.15) is 29.2 Å². The fourth-order valence-corrected chi connectivity index (χ4v) is 4.58. The normalized spacial score (nSPS) is 11.9. The smallest absolute Gasteiger partial charge is 0.220 e. The van der Waals surface area contributed by atoms with E-state index in [1.165, 1.54) is 29.5 Å². The molecule has 3 aromatic carbocycles. The molecule has 0 saturated carbocycles. The lowest BCUT2D eigenvalue weighted by Crippen LogP contribution is -2.11. The third-order valence-electron chi connectivity index (χ3n) is 5.22. The molecule has 174 valence electrons. The van der Waals surface area contributed by atoms with Crippen LogP contribution in [-0.2, 0) is 6.61 Å². The van der Waals surface area contributed by atoms with Crippen molar-refractivity contribution in [2.75, 3.05) is 6.54 Å². The average molecular weight is 479 g/mol. The summed E-state index contributed by atoms with van der Waals surface area (Å²) in [6.45, 7) is 3.96. The number of halogens is 1. The number of rotatable bonds is 9. The van der Waals surface area contributed by atoms with Crippen molar-refractivity contribution in [2.24, 2.45) is 0 Å². The van der Waals surface area contributed by atoms with Crippen molar-refractivity contribution in [1.82, 2.24) is 14.8 Å². The second kappa shape index (κ2) is 10.5. The molecule has 1 aromatic heterocycles. The predicted octanol–water partition coefficient (Wildman–Crippen LogP) is 5.71. The summed E-state index contributed by atoms with van der Waals surface area (Å²) in [5.41, 5.74) is 3.71. The first-order valence-electron chi connectivity index (χ1n) is 10.6. The van der Waals surface area contributed by atoms with Gasteiger partial charge in [0, 0.05) is 10.6 Å². The molecule has 0 bridgehead atoms. The largest absolute Gasteiger partial charge is 0.489 e. The van der Waals surface area contributed by atoms with E-state index < -0.39 is 5.25 Å². The SMILES string of the molecule is Cc1ccc(COc2ccc([C@@H](C[N+](=O)[O-])Sc3nnc(C)n3-c3ccc(F)cc3)cc2)cc1. The molecule has 9 heteroatoms. The van der Waals surface area contributed by atoms with E-state index in [1.807, 2.05) is 55.5 Å². The molecule has 0 N–H and O–H groups in total. The van der Waals surface area contributed by atoms with Gasteiger partial charge in [0.05, 0.1) is 0 Å². The first kappa shape index (κ1) is 23.4. The lowest BCUT2D eigenvalue weighted by Gasteiger charge is -2.15. The van der Waals surface area contributed by atoms with Gasteiger partial charge in [-0.1, -0.05) is 53.7 Å². The van der Waals surface area contributed by atoms with E-state index in [1.54, 1.807) is 23.6 Å². The zero-order valence-corrected chi connectivity index (χ0v) is 19.5. The van der Waals surface area contributed by atoms with Gasteiger partial charge in [-0.3, -0.25) is 14.7 Å². The van der Waals surface area contributed by atoms with Gasteiger partial charge in [0.15, 0.2) is 5.16 Å². The van der Waals surface area contributed by atoms with Crippen molar-refractivity contribution in [3.8, 4) is 11.4 Å². The lowest BCUT2D eigenvalue weighted by atomic mass is 10.1.